The van der Waals surface area contributed by atoms with Crippen LogP contribution in [0.4, 0.5) is 0 Å². The van der Waals surface area contributed by atoms with Gasteiger partial charge in [-0.3, -0.25) is 13.9 Å². The van der Waals surface area contributed by atoms with Crippen LogP contribution in [0.15, 0.2) is 66.0 Å². The zero-order valence-electron chi connectivity index (χ0n) is 18.7. The van der Waals surface area contributed by atoms with Crippen LogP contribution in [0.3, 0.4) is 0 Å². The summed E-state index contributed by atoms with van der Waals surface area (Å²) in [6.07, 6.45) is 4.28. The topological polar surface area (TPSA) is 78.0 Å². The maximum Gasteiger partial charge on any atom is 0.329 e. The van der Waals surface area contributed by atoms with E-state index in [9.17, 15) is 9.59 Å². The molecular formula is C24H28N6O2. The van der Waals surface area contributed by atoms with Crippen LogP contribution in [-0.2, 0) is 17.9 Å². The van der Waals surface area contributed by atoms with E-state index in [0.717, 1.165) is 28.7 Å². The van der Waals surface area contributed by atoms with E-state index < -0.39 is 0 Å². The number of rotatable bonds is 8. The molecule has 2 aromatic carbocycles. The number of carbonyl (C=O) groups excluding carboxylic acids is 1. The van der Waals surface area contributed by atoms with Crippen LogP contribution in [-0.4, -0.2) is 41.8 Å². The second-order valence-corrected chi connectivity index (χ2v) is 7.94. The Hall–Kier alpha value is -3.68. The van der Waals surface area contributed by atoms with Crippen LogP contribution in [0.2, 0.25) is 0 Å². The highest BCUT2D eigenvalue weighted by Crippen LogP contribution is 2.21. The molecule has 0 radical (unpaired) electrons. The molecule has 0 saturated heterocycles. The molecule has 0 spiro atoms. The molecule has 1 unspecified atom stereocenters. The largest absolute Gasteiger partial charge is 0.339 e. The third-order valence-corrected chi connectivity index (χ3v) is 5.95. The van der Waals surface area contributed by atoms with E-state index in [2.05, 4.69) is 17.0 Å². The quantitative estimate of drug-likeness (QED) is 0.428. The van der Waals surface area contributed by atoms with Crippen LogP contribution in [0.25, 0.3) is 16.7 Å². The number of hydrogen-bond acceptors (Lipinski definition) is 4. The lowest BCUT2D eigenvalue weighted by molar-refractivity contribution is -0.132. The summed E-state index contributed by atoms with van der Waals surface area (Å²) in [6.45, 7) is 5.08. The molecule has 0 aliphatic rings. The first kappa shape index (κ1) is 21.5. The summed E-state index contributed by atoms with van der Waals surface area (Å²) < 4.78 is 5.20. The standard InChI is InChI=1S/C24H28N6O2/c1-4-14-28-21-7-5-6-8-22(21)29(24(28)32)15-13-23(31)27(3)18(2)19-9-11-20(12-10-19)30-17-25-16-26-30/h5-12,16-18H,4,13-15H2,1-3H3. The molecule has 4 aromatic rings. The van der Waals surface area contributed by atoms with Crippen LogP contribution < -0.4 is 5.69 Å². The van der Waals surface area contributed by atoms with Crippen molar-refractivity contribution in [3.05, 3.63) is 77.2 Å². The van der Waals surface area contributed by atoms with Gasteiger partial charge in [-0.15, -0.1) is 0 Å². The lowest BCUT2D eigenvalue weighted by atomic mass is 10.1. The Labute approximate surface area is 186 Å². The Morgan fingerprint density at radius 1 is 1.03 bits per heavy atom. The maximum atomic E-state index is 12.9. The van der Waals surface area contributed by atoms with Crippen molar-refractivity contribution >= 4 is 16.9 Å². The Kier molecular flexibility index (Phi) is 6.20. The van der Waals surface area contributed by atoms with Gasteiger partial charge < -0.3 is 4.90 Å². The van der Waals surface area contributed by atoms with Gasteiger partial charge in [-0.05, 0) is 43.2 Å². The van der Waals surface area contributed by atoms with Gasteiger partial charge in [0.15, 0.2) is 0 Å². The average molecular weight is 433 g/mol. The fourth-order valence-electron chi connectivity index (χ4n) is 4.00. The Bertz CT molecular complexity index is 1250. The lowest BCUT2D eigenvalue weighted by Gasteiger charge is -2.25. The van der Waals surface area contributed by atoms with Crippen LogP contribution in [0.5, 0.6) is 0 Å². The van der Waals surface area contributed by atoms with Gasteiger partial charge in [0.25, 0.3) is 0 Å². The molecule has 8 nitrogen and oxygen atoms in total. The van der Waals surface area contributed by atoms with E-state index in [4.69, 9.17) is 0 Å². The smallest absolute Gasteiger partial charge is 0.329 e. The molecule has 1 atom stereocenters. The highest BCUT2D eigenvalue weighted by molar-refractivity contribution is 5.78. The summed E-state index contributed by atoms with van der Waals surface area (Å²) in [7, 11) is 1.81. The first-order valence-corrected chi connectivity index (χ1v) is 10.9. The number of hydrogen-bond donors (Lipinski definition) is 0. The monoisotopic (exact) mass is 432 g/mol. The average Bonchev–Trinajstić information content (AvgIpc) is 3.45. The Morgan fingerprint density at radius 3 is 2.28 bits per heavy atom. The lowest BCUT2D eigenvalue weighted by Crippen LogP contribution is -2.32. The molecule has 0 saturated carbocycles. The summed E-state index contributed by atoms with van der Waals surface area (Å²) in [5.74, 6) is -0.00271. The molecule has 4 rings (SSSR count). The number of carbonyl (C=O) groups is 1. The van der Waals surface area contributed by atoms with E-state index in [-0.39, 0.29) is 24.1 Å². The van der Waals surface area contributed by atoms with E-state index in [1.165, 1.54) is 6.33 Å². The summed E-state index contributed by atoms with van der Waals surface area (Å²) in [4.78, 5) is 31.6. The molecule has 8 heteroatoms. The zero-order valence-corrected chi connectivity index (χ0v) is 18.7. The SMILES string of the molecule is CCCn1c(=O)n(CCC(=O)N(C)C(C)c2ccc(-n3cncn3)cc2)c2ccccc21. The third-order valence-electron chi connectivity index (χ3n) is 5.95. The molecule has 0 bridgehead atoms. The number of amides is 1. The second-order valence-electron chi connectivity index (χ2n) is 7.94. The molecular weight excluding hydrogens is 404 g/mol. The third kappa shape index (κ3) is 4.08. The fraction of sp³-hybridized carbons (Fsp3) is 0.333. The van der Waals surface area contributed by atoms with Crippen molar-refractivity contribution in [3.63, 3.8) is 0 Å². The zero-order chi connectivity index (χ0) is 22.7. The molecule has 0 aliphatic carbocycles. The van der Waals surface area contributed by atoms with Crippen molar-refractivity contribution < 1.29 is 4.79 Å². The van der Waals surface area contributed by atoms with Gasteiger partial charge >= 0.3 is 5.69 Å². The van der Waals surface area contributed by atoms with Gasteiger partial charge in [-0.1, -0.05) is 31.2 Å². The van der Waals surface area contributed by atoms with E-state index in [1.54, 1.807) is 25.0 Å². The second kappa shape index (κ2) is 9.21. The van der Waals surface area contributed by atoms with Crippen molar-refractivity contribution in [2.75, 3.05) is 7.05 Å². The summed E-state index contributed by atoms with van der Waals surface area (Å²) >= 11 is 0. The Balaban J connectivity index is 1.46. The summed E-state index contributed by atoms with van der Waals surface area (Å²) in [5, 5.41) is 4.13. The molecule has 0 N–H and O–H groups in total. The van der Waals surface area contributed by atoms with Crippen LogP contribution in [0.1, 0.15) is 38.3 Å². The van der Waals surface area contributed by atoms with E-state index in [1.807, 2.05) is 62.5 Å². The molecule has 0 fully saturated rings. The minimum absolute atomic E-state index is 0.00271. The van der Waals surface area contributed by atoms with Gasteiger partial charge in [0, 0.05) is 26.6 Å². The number of benzene rings is 2. The number of aryl methyl sites for hydroxylation is 2. The highest BCUT2D eigenvalue weighted by Gasteiger charge is 2.19. The van der Waals surface area contributed by atoms with Crippen molar-refractivity contribution in [2.45, 2.75) is 45.8 Å². The van der Waals surface area contributed by atoms with E-state index in [0.29, 0.717) is 13.1 Å². The summed E-state index contributed by atoms with van der Waals surface area (Å²) in [5.41, 5.74) is 3.68. The normalized spacial score (nSPS) is 12.2. The highest BCUT2D eigenvalue weighted by atomic mass is 16.2. The van der Waals surface area contributed by atoms with Crippen molar-refractivity contribution in [2.24, 2.45) is 0 Å². The van der Waals surface area contributed by atoms with Gasteiger partial charge in [-0.2, -0.15) is 5.10 Å². The van der Waals surface area contributed by atoms with Crippen LogP contribution >= 0.6 is 0 Å². The molecule has 0 aliphatic heterocycles. The molecule has 166 valence electrons. The number of fused-ring (bicyclic) bond motifs is 1. The number of imidazole rings is 1. The van der Waals surface area contributed by atoms with Crippen LogP contribution in [0, 0.1) is 0 Å². The maximum absolute atomic E-state index is 12.9. The van der Waals surface area contributed by atoms with Crippen molar-refractivity contribution in [3.8, 4) is 5.69 Å². The van der Waals surface area contributed by atoms with Crippen molar-refractivity contribution in [1.82, 2.24) is 28.8 Å². The molecule has 2 aromatic heterocycles. The van der Waals surface area contributed by atoms with Gasteiger partial charge in [0.2, 0.25) is 5.91 Å². The minimum atomic E-state index is -0.0922. The Morgan fingerprint density at radius 2 is 1.69 bits per heavy atom. The first-order valence-electron chi connectivity index (χ1n) is 10.9. The fourth-order valence-corrected chi connectivity index (χ4v) is 4.00. The molecule has 32 heavy (non-hydrogen) atoms. The molecule has 1 amide bonds. The predicted octanol–water partition coefficient (Wildman–Crippen LogP) is 3.40. The number of para-hydroxylation sites is 2. The first-order chi connectivity index (χ1) is 15.5. The van der Waals surface area contributed by atoms with Gasteiger partial charge in [-0.25, -0.2) is 14.5 Å². The number of aromatic nitrogens is 5. The van der Waals surface area contributed by atoms with Gasteiger partial charge in [0.1, 0.15) is 12.7 Å². The summed E-state index contributed by atoms with van der Waals surface area (Å²) in [6, 6.07) is 15.6. The minimum Gasteiger partial charge on any atom is -0.339 e. The predicted molar refractivity (Wildman–Crippen MR) is 124 cm³/mol. The van der Waals surface area contributed by atoms with Gasteiger partial charge in [0.05, 0.1) is 22.8 Å². The van der Waals surface area contributed by atoms with E-state index >= 15 is 0 Å². The number of nitrogens with zero attached hydrogens (tertiary/aromatic N) is 6. The van der Waals surface area contributed by atoms with Crippen molar-refractivity contribution in [1.29, 1.82) is 0 Å². The molecule has 2 heterocycles.